The molecule has 5 heteroatoms. The molecule has 0 fully saturated rings. The Hall–Kier alpha value is -2.43. The summed E-state index contributed by atoms with van der Waals surface area (Å²) in [7, 11) is 2.85. The first-order valence-electron chi connectivity index (χ1n) is 6.25. The summed E-state index contributed by atoms with van der Waals surface area (Å²) in [6, 6.07) is 8.28. The molecule has 0 spiro atoms. The molecule has 0 aliphatic heterocycles. The van der Waals surface area contributed by atoms with Gasteiger partial charge in [-0.15, -0.1) is 0 Å². The number of methoxy groups -OCH3 is 2. The van der Waals surface area contributed by atoms with Gasteiger partial charge in [0.05, 0.1) is 19.8 Å². The third kappa shape index (κ3) is 3.02. The molecule has 0 unspecified atom stereocenters. The number of para-hydroxylation sites is 1. The zero-order chi connectivity index (χ0) is 15.4. The third-order valence-corrected chi connectivity index (χ3v) is 3.10. The molecular formula is C16H14F2O3. The number of halogens is 2. The second-order valence-corrected chi connectivity index (χ2v) is 4.34. The Labute approximate surface area is 121 Å². The van der Waals surface area contributed by atoms with Crippen molar-refractivity contribution < 1.29 is 23.0 Å². The Morgan fingerprint density at radius 3 is 2.19 bits per heavy atom. The number of hydrogen-bond acceptors (Lipinski definition) is 3. The highest BCUT2D eigenvalue weighted by molar-refractivity contribution is 6.00. The van der Waals surface area contributed by atoms with Crippen molar-refractivity contribution in [3.8, 4) is 11.5 Å². The maximum absolute atomic E-state index is 13.6. The van der Waals surface area contributed by atoms with Gasteiger partial charge in [-0.3, -0.25) is 4.79 Å². The number of hydrogen-bond donors (Lipinski definition) is 0. The van der Waals surface area contributed by atoms with E-state index in [2.05, 4.69) is 0 Å². The van der Waals surface area contributed by atoms with E-state index in [-0.39, 0.29) is 23.3 Å². The lowest BCUT2D eigenvalue weighted by Gasteiger charge is -2.12. The average molecular weight is 292 g/mol. The van der Waals surface area contributed by atoms with E-state index in [0.29, 0.717) is 5.75 Å². The molecule has 0 N–H and O–H groups in total. The number of ether oxygens (including phenoxy) is 2. The zero-order valence-corrected chi connectivity index (χ0v) is 11.7. The monoisotopic (exact) mass is 292 g/mol. The van der Waals surface area contributed by atoms with Gasteiger partial charge in [-0.25, -0.2) is 8.78 Å². The Kier molecular flexibility index (Phi) is 4.52. The van der Waals surface area contributed by atoms with Gasteiger partial charge >= 0.3 is 0 Å². The average Bonchev–Trinajstić information content (AvgIpc) is 2.49. The van der Waals surface area contributed by atoms with Crippen LogP contribution >= 0.6 is 0 Å². The first kappa shape index (κ1) is 15.0. The van der Waals surface area contributed by atoms with Crippen molar-refractivity contribution in [1.82, 2.24) is 0 Å². The minimum atomic E-state index is -0.745. The van der Waals surface area contributed by atoms with Crippen LogP contribution in [0, 0.1) is 11.6 Å². The van der Waals surface area contributed by atoms with Crippen LogP contribution in [0.2, 0.25) is 0 Å². The SMILES string of the molecule is COc1cccc(C(=O)Cc2c(F)cccc2F)c1OC. The molecular weight excluding hydrogens is 278 g/mol. The van der Waals surface area contributed by atoms with Crippen LogP contribution in [0.4, 0.5) is 8.78 Å². The molecule has 2 aromatic carbocycles. The highest BCUT2D eigenvalue weighted by Crippen LogP contribution is 2.31. The van der Waals surface area contributed by atoms with Crippen molar-refractivity contribution >= 4 is 5.78 Å². The van der Waals surface area contributed by atoms with Crippen molar-refractivity contribution in [3.05, 3.63) is 59.2 Å². The van der Waals surface area contributed by atoms with Gasteiger partial charge in [-0.05, 0) is 24.3 Å². The van der Waals surface area contributed by atoms with Crippen LogP contribution in [0.3, 0.4) is 0 Å². The summed E-state index contributed by atoms with van der Waals surface area (Å²) in [6.45, 7) is 0. The van der Waals surface area contributed by atoms with Crippen LogP contribution in [-0.4, -0.2) is 20.0 Å². The molecule has 0 aliphatic rings. The highest BCUT2D eigenvalue weighted by atomic mass is 19.1. The molecule has 3 nitrogen and oxygen atoms in total. The van der Waals surface area contributed by atoms with Gasteiger partial charge in [0.1, 0.15) is 11.6 Å². The van der Waals surface area contributed by atoms with E-state index in [9.17, 15) is 13.6 Å². The standard InChI is InChI=1S/C16H14F2O3/c1-20-15-8-3-5-10(16(15)21-2)14(19)9-11-12(17)6-4-7-13(11)18/h3-8H,9H2,1-2H3. The first-order chi connectivity index (χ1) is 10.1. The van der Waals surface area contributed by atoms with E-state index >= 15 is 0 Å². The van der Waals surface area contributed by atoms with Crippen LogP contribution in [0.15, 0.2) is 36.4 Å². The van der Waals surface area contributed by atoms with Crippen molar-refractivity contribution in [1.29, 1.82) is 0 Å². The largest absolute Gasteiger partial charge is 0.493 e. The predicted octanol–water partition coefficient (Wildman–Crippen LogP) is 3.41. The fourth-order valence-electron chi connectivity index (χ4n) is 2.06. The summed E-state index contributed by atoms with van der Waals surface area (Å²) in [5.41, 5.74) is -0.0353. The lowest BCUT2D eigenvalue weighted by Crippen LogP contribution is -2.09. The fourth-order valence-corrected chi connectivity index (χ4v) is 2.06. The second-order valence-electron chi connectivity index (χ2n) is 4.34. The number of carbonyl (C=O) groups is 1. The van der Waals surface area contributed by atoms with Gasteiger partial charge < -0.3 is 9.47 Å². The van der Waals surface area contributed by atoms with Crippen molar-refractivity contribution in [3.63, 3.8) is 0 Å². The topological polar surface area (TPSA) is 35.5 Å². The zero-order valence-electron chi connectivity index (χ0n) is 11.7. The van der Waals surface area contributed by atoms with Gasteiger partial charge in [0.15, 0.2) is 17.3 Å². The first-order valence-corrected chi connectivity index (χ1v) is 6.25. The van der Waals surface area contributed by atoms with Gasteiger partial charge in [0.25, 0.3) is 0 Å². The summed E-state index contributed by atoms with van der Waals surface area (Å²) in [6.07, 6.45) is -0.387. The minimum absolute atomic E-state index is 0.222. The summed E-state index contributed by atoms with van der Waals surface area (Å²) < 4.78 is 37.5. The quantitative estimate of drug-likeness (QED) is 0.792. The van der Waals surface area contributed by atoms with Crippen molar-refractivity contribution in [2.24, 2.45) is 0 Å². The van der Waals surface area contributed by atoms with E-state index in [1.54, 1.807) is 12.1 Å². The van der Waals surface area contributed by atoms with Gasteiger partial charge in [-0.2, -0.15) is 0 Å². The lowest BCUT2D eigenvalue weighted by atomic mass is 10.0. The Bertz CT molecular complexity index is 648. The summed E-state index contributed by atoms with van der Waals surface area (Å²) in [4.78, 5) is 12.3. The molecule has 0 saturated carbocycles. The van der Waals surface area contributed by atoms with Gasteiger partial charge in [-0.1, -0.05) is 12.1 Å². The van der Waals surface area contributed by atoms with Crippen LogP contribution in [0.5, 0.6) is 11.5 Å². The molecule has 110 valence electrons. The third-order valence-electron chi connectivity index (χ3n) is 3.10. The molecule has 0 amide bonds. The molecule has 2 rings (SSSR count). The van der Waals surface area contributed by atoms with Gasteiger partial charge in [0, 0.05) is 12.0 Å². The Morgan fingerprint density at radius 1 is 1.00 bits per heavy atom. The van der Waals surface area contributed by atoms with E-state index < -0.39 is 17.4 Å². The van der Waals surface area contributed by atoms with E-state index in [1.165, 1.54) is 26.4 Å². The molecule has 0 bridgehead atoms. The molecule has 0 radical (unpaired) electrons. The van der Waals surface area contributed by atoms with Gasteiger partial charge in [0.2, 0.25) is 0 Å². The fraction of sp³-hybridized carbons (Fsp3) is 0.188. The summed E-state index contributed by atoms with van der Waals surface area (Å²) in [5.74, 6) is -1.30. The lowest BCUT2D eigenvalue weighted by molar-refractivity contribution is 0.0987. The number of carbonyl (C=O) groups excluding carboxylic acids is 1. The highest BCUT2D eigenvalue weighted by Gasteiger charge is 2.19. The molecule has 21 heavy (non-hydrogen) atoms. The molecule has 0 saturated heterocycles. The molecule has 0 atom stereocenters. The minimum Gasteiger partial charge on any atom is -0.493 e. The number of benzene rings is 2. The Morgan fingerprint density at radius 2 is 1.62 bits per heavy atom. The molecule has 0 aliphatic carbocycles. The number of ketones is 1. The van der Waals surface area contributed by atoms with E-state index in [4.69, 9.17) is 9.47 Å². The number of Topliss-reactive ketones (excluding diaryl/α,β-unsaturated/α-hetero) is 1. The molecule has 2 aromatic rings. The summed E-state index contributed by atoms with van der Waals surface area (Å²) >= 11 is 0. The van der Waals surface area contributed by atoms with Crippen LogP contribution in [-0.2, 0) is 6.42 Å². The van der Waals surface area contributed by atoms with Crippen LogP contribution in [0.1, 0.15) is 15.9 Å². The van der Waals surface area contributed by atoms with Crippen molar-refractivity contribution in [2.45, 2.75) is 6.42 Å². The number of rotatable bonds is 5. The Balaban J connectivity index is 2.37. The second kappa shape index (κ2) is 6.35. The smallest absolute Gasteiger partial charge is 0.171 e. The van der Waals surface area contributed by atoms with E-state index in [0.717, 1.165) is 12.1 Å². The molecule has 0 heterocycles. The van der Waals surface area contributed by atoms with E-state index in [1.807, 2.05) is 0 Å². The van der Waals surface area contributed by atoms with Crippen molar-refractivity contribution in [2.75, 3.05) is 14.2 Å². The van der Waals surface area contributed by atoms with Crippen LogP contribution < -0.4 is 9.47 Å². The normalized spacial score (nSPS) is 10.3. The predicted molar refractivity (Wildman–Crippen MR) is 73.9 cm³/mol. The van der Waals surface area contributed by atoms with Crippen LogP contribution in [0.25, 0.3) is 0 Å². The molecule has 0 aromatic heterocycles. The summed E-state index contributed by atoms with van der Waals surface area (Å²) in [5, 5.41) is 0. The maximum Gasteiger partial charge on any atom is 0.171 e. The maximum atomic E-state index is 13.6.